The van der Waals surface area contributed by atoms with Gasteiger partial charge in [0.15, 0.2) is 0 Å². The van der Waals surface area contributed by atoms with Gasteiger partial charge in [-0.15, -0.1) is 0 Å². The van der Waals surface area contributed by atoms with Gasteiger partial charge in [-0.3, -0.25) is 0 Å². The van der Waals surface area contributed by atoms with Crippen molar-refractivity contribution < 1.29 is 0 Å². The van der Waals surface area contributed by atoms with E-state index in [-0.39, 0.29) is 0 Å². The van der Waals surface area contributed by atoms with Gasteiger partial charge in [-0.25, -0.2) is 9.98 Å². The van der Waals surface area contributed by atoms with Crippen LogP contribution in [0.3, 0.4) is 0 Å². The fourth-order valence-corrected chi connectivity index (χ4v) is 1.42. The molecule has 0 aromatic carbocycles. The molecule has 0 unspecified atom stereocenters. The molecule has 1 rings (SSSR count). The number of hydrogen-bond acceptors (Lipinski definition) is 1. The van der Waals surface area contributed by atoms with Crippen LogP contribution in [0.2, 0.25) is 0 Å². The van der Waals surface area contributed by atoms with Gasteiger partial charge in [0.25, 0.3) is 0 Å². The van der Waals surface area contributed by atoms with Crippen molar-refractivity contribution in [3.63, 3.8) is 0 Å². The highest BCUT2D eigenvalue weighted by Gasteiger charge is 2.05. The van der Waals surface area contributed by atoms with Gasteiger partial charge in [-0.1, -0.05) is 26.8 Å². The summed E-state index contributed by atoms with van der Waals surface area (Å²) in [5, 5.41) is 0. The smallest absolute Gasteiger partial charge is 0.115 e. The molecule has 0 spiro atoms. The van der Waals surface area contributed by atoms with Gasteiger partial charge >= 0.3 is 0 Å². The van der Waals surface area contributed by atoms with E-state index in [9.17, 15) is 0 Å². The summed E-state index contributed by atoms with van der Waals surface area (Å²) in [5.74, 6) is 0.415. The second kappa shape index (κ2) is 5.74. The zero-order valence-corrected chi connectivity index (χ0v) is 9.29. The molecule has 0 amide bonds. The first-order chi connectivity index (χ1) is 6.70. The van der Waals surface area contributed by atoms with Gasteiger partial charge in [0.2, 0.25) is 0 Å². The third kappa shape index (κ3) is 3.86. The zero-order chi connectivity index (χ0) is 10.4. The number of aliphatic imine (C=N–C) groups is 2. The average Bonchev–Trinajstić information content (AvgIpc) is 2.19. The summed E-state index contributed by atoms with van der Waals surface area (Å²) in [4.78, 5) is 8.58. The van der Waals surface area contributed by atoms with Crippen LogP contribution in [0.1, 0.15) is 46.0 Å². The summed E-state index contributed by atoms with van der Waals surface area (Å²) < 4.78 is 0. The van der Waals surface area contributed by atoms with Gasteiger partial charge in [0.05, 0.1) is 0 Å². The maximum Gasteiger partial charge on any atom is 0.115 e. The van der Waals surface area contributed by atoms with E-state index >= 15 is 0 Å². The van der Waals surface area contributed by atoms with Crippen molar-refractivity contribution in [1.82, 2.24) is 0 Å². The maximum absolute atomic E-state index is 4.37. The lowest BCUT2D eigenvalue weighted by molar-refractivity contribution is 0.667. The van der Waals surface area contributed by atoms with E-state index in [4.69, 9.17) is 0 Å². The largest absolute Gasteiger partial charge is 0.246 e. The fourth-order valence-electron chi connectivity index (χ4n) is 1.42. The molecule has 0 aliphatic heterocycles. The van der Waals surface area contributed by atoms with Gasteiger partial charge in [0.1, 0.15) is 6.34 Å². The molecule has 0 aromatic rings. The van der Waals surface area contributed by atoms with Crippen molar-refractivity contribution in [2.45, 2.75) is 46.0 Å². The molecule has 0 radical (unpaired) electrons. The first kappa shape index (κ1) is 11.2. The SMILES string of the molecule is C=C(N=CN=C1CCCCC1)C(C)C. The fraction of sp³-hybridized carbons (Fsp3) is 0.667. The third-order valence-electron chi connectivity index (χ3n) is 2.56. The summed E-state index contributed by atoms with van der Waals surface area (Å²) in [7, 11) is 0. The second-order valence-corrected chi connectivity index (χ2v) is 4.15. The zero-order valence-electron chi connectivity index (χ0n) is 9.29. The summed E-state index contributed by atoms with van der Waals surface area (Å²) in [6.45, 7) is 8.05. The van der Waals surface area contributed by atoms with Crippen LogP contribution in [0.15, 0.2) is 22.3 Å². The Hall–Kier alpha value is -0.920. The van der Waals surface area contributed by atoms with E-state index in [1.54, 1.807) is 6.34 Å². The molecular weight excluding hydrogens is 172 g/mol. The van der Waals surface area contributed by atoms with Crippen molar-refractivity contribution in [1.29, 1.82) is 0 Å². The normalized spacial score (nSPS) is 17.8. The predicted octanol–water partition coefficient (Wildman–Crippen LogP) is 3.59. The molecule has 1 aliphatic rings. The Morgan fingerprint density at radius 1 is 1.29 bits per heavy atom. The number of rotatable bonds is 3. The molecule has 14 heavy (non-hydrogen) atoms. The minimum Gasteiger partial charge on any atom is -0.246 e. The molecule has 2 nitrogen and oxygen atoms in total. The standard InChI is InChI=1S/C12H20N2/c1-10(2)11(3)13-9-14-12-7-5-4-6-8-12/h9-10H,3-8H2,1-2H3. The van der Waals surface area contributed by atoms with Gasteiger partial charge in [-0.05, 0) is 31.6 Å². The van der Waals surface area contributed by atoms with Gasteiger partial charge < -0.3 is 0 Å². The Balaban J connectivity index is 2.40. The molecule has 0 N–H and O–H groups in total. The Bertz CT molecular complexity index is 241. The highest BCUT2D eigenvalue weighted by Crippen LogP contribution is 2.14. The topological polar surface area (TPSA) is 24.7 Å². The van der Waals surface area contributed by atoms with Crippen molar-refractivity contribution in [3.8, 4) is 0 Å². The van der Waals surface area contributed by atoms with Crippen molar-refractivity contribution in [2.75, 3.05) is 0 Å². The summed E-state index contributed by atoms with van der Waals surface area (Å²) in [6.07, 6.45) is 7.91. The van der Waals surface area contributed by atoms with E-state index in [1.807, 2.05) is 0 Å². The van der Waals surface area contributed by atoms with Crippen LogP contribution in [0.5, 0.6) is 0 Å². The molecule has 78 valence electrons. The minimum atomic E-state index is 0.415. The van der Waals surface area contributed by atoms with Gasteiger partial charge in [0, 0.05) is 11.4 Å². The summed E-state index contributed by atoms with van der Waals surface area (Å²) in [6, 6.07) is 0. The van der Waals surface area contributed by atoms with Crippen molar-refractivity contribution >= 4 is 12.1 Å². The molecule has 0 heterocycles. The van der Waals surface area contributed by atoms with Crippen LogP contribution in [-0.2, 0) is 0 Å². The number of nitrogens with zero attached hydrogens (tertiary/aromatic N) is 2. The van der Waals surface area contributed by atoms with E-state index in [0.717, 1.165) is 18.5 Å². The lowest BCUT2D eigenvalue weighted by atomic mass is 9.99. The monoisotopic (exact) mass is 192 g/mol. The van der Waals surface area contributed by atoms with Crippen molar-refractivity contribution in [3.05, 3.63) is 12.3 Å². The molecule has 0 atom stereocenters. The predicted molar refractivity (Wildman–Crippen MR) is 63.0 cm³/mol. The first-order valence-electron chi connectivity index (χ1n) is 5.47. The van der Waals surface area contributed by atoms with Crippen LogP contribution in [-0.4, -0.2) is 12.1 Å². The molecule has 0 bridgehead atoms. The van der Waals surface area contributed by atoms with Crippen LogP contribution < -0.4 is 0 Å². The number of allylic oxidation sites excluding steroid dienone is 1. The molecule has 0 saturated heterocycles. The maximum atomic E-state index is 4.37. The summed E-state index contributed by atoms with van der Waals surface area (Å²) in [5.41, 5.74) is 2.21. The minimum absolute atomic E-state index is 0.415. The molecule has 0 aromatic heterocycles. The van der Waals surface area contributed by atoms with Crippen LogP contribution in [0.4, 0.5) is 0 Å². The molecule has 1 fully saturated rings. The average molecular weight is 192 g/mol. The van der Waals surface area contributed by atoms with E-state index < -0.39 is 0 Å². The van der Waals surface area contributed by atoms with Crippen LogP contribution in [0.25, 0.3) is 0 Å². The Kier molecular flexibility index (Phi) is 4.57. The Morgan fingerprint density at radius 3 is 2.50 bits per heavy atom. The van der Waals surface area contributed by atoms with Gasteiger partial charge in [-0.2, -0.15) is 0 Å². The highest BCUT2D eigenvalue weighted by atomic mass is 14.9. The lowest BCUT2D eigenvalue weighted by Gasteiger charge is -2.10. The highest BCUT2D eigenvalue weighted by molar-refractivity contribution is 5.91. The lowest BCUT2D eigenvalue weighted by Crippen LogP contribution is -2.04. The second-order valence-electron chi connectivity index (χ2n) is 4.15. The van der Waals surface area contributed by atoms with E-state index in [1.165, 1.54) is 25.0 Å². The van der Waals surface area contributed by atoms with Crippen LogP contribution in [0, 0.1) is 5.92 Å². The quantitative estimate of drug-likeness (QED) is 0.482. The van der Waals surface area contributed by atoms with E-state index in [2.05, 4.69) is 30.4 Å². The third-order valence-corrected chi connectivity index (χ3v) is 2.56. The van der Waals surface area contributed by atoms with E-state index in [0.29, 0.717) is 5.92 Å². The summed E-state index contributed by atoms with van der Waals surface area (Å²) >= 11 is 0. The molecular formula is C12H20N2. The van der Waals surface area contributed by atoms with Crippen LogP contribution >= 0.6 is 0 Å². The molecule has 1 saturated carbocycles. The van der Waals surface area contributed by atoms with Crippen molar-refractivity contribution in [2.24, 2.45) is 15.9 Å². The number of hydrogen-bond donors (Lipinski definition) is 0. The first-order valence-corrected chi connectivity index (χ1v) is 5.47. The Morgan fingerprint density at radius 2 is 1.93 bits per heavy atom. The Labute approximate surface area is 86.8 Å². The molecule has 2 heteroatoms. The molecule has 1 aliphatic carbocycles.